The van der Waals surface area contributed by atoms with Gasteiger partial charge in [0.05, 0.1) is 37.1 Å². The fraction of sp³-hybridized carbons (Fsp3) is 0.182. The number of nitrogens with zero attached hydrogens (tertiary/aromatic N) is 2. The van der Waals surface area contributed by atoms with Gasteiger partial charge in [-0.1, -0.05) is 30.3 Å². The zero-order valence-corrected chi connectivity index (χ0v) is 26.1. The van der Waals surface area contributed by atoms with Crippen LogP contribution in [0.3, 0.4) is 0 Å². The maximum absolute atomic E-state index is 13.9. The zero-order valence-electron chi connectivity index (χ0n) is 25.3. The largest absolute Gasteiger partial charge is 0.494 e. The van der Waals surface area contributed by atoms with E-state index >= 15 is 0 Å². The molecule has 0 bridgehead atoms. The summed E-state index contributed by atoms with van der Waals surface area (Å²) in [6, 6.07) is 26.4. The molecule has 0 radical (unpaired) electrons. The molecule has 0 atom stereocenters. The van der Waals surface area contributed by atoms with Gasteiger partial charge in [0.15, 0.2) is 11.5 Å². The van der Waals surface area contributed by atoms with Gasteiger partial charge in [-0.25, -0.2) is 13.8 Å². The highest BCUT2D eigenvalue weighted by Crippen LogP contribution is 2.32. The summed E-state index contributed by atoms with van der Waals surface area (Å²) < 4.78 is 44.7. The fourth-order valence-electron chi connectivity index (χ4n) is 4.26. The molecule has 12 heteroatoms. The number of amides is 2. The molecule has 45 heavy (non-hydrogen) atoms. The van der Waals surface area contributed by atoms with E-state index in [2.05, 4.69) is 15.8 Å². The Labute approximate surface area is 262 Å². The minimum atomic E-state index is -4.24. The lowest BCUT2D eigenvalue weighted by Crippen LogP contribution is -2.39. The van der Waals surface area contributed by atoms with Crippen LogP contribution in [0.2, 0.25) is 0 Å². The van der Waals surface area contributed by atoms with Gasteiger partial charge in [0.25, 0.3) is 21.8 Å². The van der Waals surface area contributed by atoms with Crippen molar-refractivity contribution in [1.29, 1.82) is 0 Å². The predicted molar refractivity (Wildman–Crippen MR) is 173 cm³/mol. The third-order valence-electron chi connectivity index (χ3n) is 6.61. The molecule has 0 spiro atoms. The van der Waals surface area contributed by atoms with Crippen molar-refractivity contribution in [1.82, 2.24) is 5.43 Å². The van der Waals surface area contributed by atoms with Crippen molar-refractivity contribution in [2.24, 2.45) is 5.10 Å². The zero-order chi connectivity index (χ0) is 32.4. The molecule has 0 aliphatic heterocycles. The van der Waals surface area contributed by atoms with Gasteiger partial charge in [0.2, 0.25) is 0 Å². The van der Waals surface area contributed by atoms with E-state index < -0.39 is 22.5 Å². The Bertz CT molecular complexity index is 1760. The first kappa shape index (κ1) is 32.6. The van der Waals surface area contributed by atoms with Crippen LogP contribution < -0.4 is 29.3 Å². The van der Waals surface area contributed by atoms with Gasteiger partial charge in [-0.2, -0.15) is 5.10 Å². The molecule has 4 aromatic rings. The number of methoxy groups -OCH3 is 2. The van der Waals surface area contributed by atoms with Crippen molar-refractivity contribution < 1.29 is 32.2 Å². The number of hydrogen-bond donors (Lipinski definition) is 2. The van der Waals surface area contributed by atoms with Gasteiger partial charge < -0.3 is 19.5 Å². The fourth-order valence-corrected chi connectivity index (χ4v) is 5.70. The van der Waals surface area contributed by atoms with E-state index in [1.807, 2.05) is 13.0 Å². The van der Waals surface area contributed by atoms with E-state index in [-0.39, 0.29) is 22.2 Å². The minimum Gasteiger partial charge on any atom is -0.494 e. The maximum atomic E-state index is 13.9. The van der Waals surface area contributed by atoms with Gasteiger partial charge in [-0.3, -0.25) is 13.9 Å². The van der Waals surface area contributed by atoms with Crippen LogP contribution in [0.4, 0.5) is 11.4 Å². The topological polar surface area (TPSA) is 136 Å². The molecule has 0 aromatic heterocycles. The summed E-state index contributed by atoms with van der Waals surface area (Å²) in [7, 11) is -1.39. The number of hydrazone groups is 1. The molecule has 4 rings (SSSR count). The van der Waals surface area contributed by atoms with Gasteiger partial charge in [0, 0.05) is 17.3 Å². The van der Waals surface area contributed by atoms with Crippen LogP contribution in [0.1, 0.15) is 29.8 Å². The van der Waals surface area contributed by atoms with Crippen LogP contribution in [0, 0.1) is 0 Å². The number of carbonyl (C=O) groups excluding carboxylic acids is 2. The Hall–Kier alpha value is -5.36. The summed E-state index contributed by atoms with van der Waals surface area (Å²) in [6.07, 6.45) is 0. The Balaban J connectivity index is 1.52. The van der Waals surface area contributed by atoms with E-state index in [9.17, 15) is 18.0 Å². The SMILES string of the molecule is CCOc1ccc(N(CC(=O)N/N=C(/C)c2ccc(NC(=O)c3ccccc3)cc2)S(=O)(=O)c2ccc(OC)c(OC)c2)cc1. The number of carbonyl (C=O) groups is 2. The third-order valence-corrected chi connectivity index (χ3v) is 8.38. The summed E-state index contributed by atoms with van der Waals surface area (Å²) in [4.78, 5) is 25.4. The third kappa shape index (κ3) is 8.18. The van der Waals surface area contributed by atoms with Crippen LogP contribution in [-0.2, 0) is 14.8 Å². The predicted octanol–water partition coefficient (Wildman–Crippen LogP) is 5.09. The van der Waals surface area contributed by atoms with Gasteiger partial charge in [0.1, 0.15) is 12.3 Å². The second-order valence-corrected chi connectivity index (χ2v) is 11.4. The summed E-state index contributed by atoms with van der Waals surface area (Å²) in [6.45, 7) is 3.42. The van der Waals surface area contributed by atoms with Crippen LogP contribution >= 0.6 is 0 Å². The molecule has 11 nitrogen and oxygen atoms in total. The lowest BCUT2D eigenvalue weighted by molar-refractivity contribution is -0.119. The summed E-state index contributed by atoms with van der Waals surface area (Å²) in [5.41, 5.74) is 4.99. The summed E-state index contributed by atoms with van der Waals surface area (Å²) in [5.74, 6) is 0.235. The molecule has 2 N–H and O–H groups in total. The highest BCUT2D eigenvalue weighted by atomic mass is 32.2. The van der Waals surface area contributed by atoms with Crippen LogP contribution in [0.5, 0.6) is 17.2 Å². The van der Waals surface area contributed by atoms with Crippen molar-refractivity contribution in [2.45, 2.75) is 18.7 Å². The Morgan fingerprint density at radius 3 is 2.11 bits per heavy atom. The Morgan fingerprint density at radius 1 is 0.822 bits per heavy atom. The number of sulfonamides is 1. The van der Waals surface area contributed by atoms with Gasteiger partial charge in [-0.05, 0) is 80.1 Å². The number of hydrogen-bond acceptors (Lipinski definition) is 8. The second-order valence-electron chi connectivity index (χ2n) is 9.59. The van der Waals surface area contributed by atoms with Crippen LogP contribution in [-0.4, -0.2) is 53.3 Å². The second kappa shape index (κ2) is 14.9. The Morgan fingerprint density at radius 2 is 1.49 bits per heavy atom. The quantitative estimate of drug-likeness (QED) is 0.155. The molecular formula is C33H34N4O7S. The standard InChI is InChI=1S/C33H34N4O7S/c1-5-44-28-17-15-27(16-18-28)37(45(40,41)29-19-20-30(42-3)31(21-29)43-4)22-32(38)36-35-23(2)24-11-13-26(14-12-24)34-33(39)25-9-7-6-8-10-25/h6-21H,5,22H2,1-4H3,(H,34,39)(H,36,38)/b35-23-. The molecule has 0 aliphatic carbocycles. The van der Waals surface area contributed by atoms with Crippen molar-refractivity contribution in [3.8, 4) is 17.2 Å². The van der Waals surface area contributed by atoms with Crippen molar-refractivity contribution in [2.75, 3.05) is 37.0 Å². The number of nitrogens with one attached hydrogen (secondary N) is 2. The van der Waals surface area contributed by atoms with Crippen molar-refractivity contribution in [3.05, 3.63) is 108 Å². The number of benzene rings is 4. The first-order valence-corrected chi connectivity index (χ1v) is 15.4. The first-order chi connectivity index (χ1) is 21.7. The summed E-state index contributed by atoms with van der Waals surface area (Å²) >= 11 is 0. The first-order valence-electron chi connectivity index (χ1n) is 13.9. The van der Waals surface area contributed by atoms with Gasteiger partial charge >= 0.3 is 0 Å². The number of anilines is 2. The highest BCUT2D eigenvalue weighted by Gasteiger charge is 2.28. The van der Waals surface area contributed by atoms with Gasteiger partial charge in [-0.15, -0.1) is 0 Å². The molecule has 0 saturated carbocycles. The van der Waals surface area contributed by atoms with Crippen LogP contribution in [0.25, 0.3) is 0 Å². The molecule has 0 fully saturated rings. The molecule has 4 aromatic carbocycles. The molecule has 0 aliphatic rings. The maximum Gasteiger partial charge on any atom is 0.264 e. The van der Waals surface area contributed by atoms with E-state index in [1.54, 1.807) is 79.7 Å². The lowest BCUT2D eigenvalue weighted by atomic mass is 10.1. The molecule has 0 heterocycles. The number of ether oxygens (including phenoxy) is 3. The molecule has 0 saturated heterocycles. The normalized spacial score (nSPS) is 11.3. The summed E-state index contributed by atoms with van der Waals surface area (Å²) in [5, 5.41) is 7.00. The Kier molecular flexibility index (Phi) is 10.8. The van der Waals surface area contributed by atoms with E-state index in [1.165, 1.54) is 32.4 Å². The minimum absolute atomic E-state index is 0.0963. The number of rotatable bonds is 13. The highest BCUT2D eigenvalue weighted by molar-refractivity contribution is 7.92. The lowest BCUT2D eigenvalue weighted by Gasteiger charge is -2.24. The molecule has 2 amide bonds. The molecule has 0 unspecified atom stereocenters. The monoisotopic (exact) mass is 630 g/mol. The molecular weight excluding hydrogens is 596 g/mol. The van der Waals surface area contributed by atoms with Crippen molar-refractivity contribution in [3.63, 3.8) is 0 Å². The van der Waals surface area contributed by atoms with E-state index in [0.29, 0.717) is 40.6 Å². The average Bonchev–Trinajstić information content (AvgIpc) is 3.07. The van der Waals surface area contributed by atoms with Crippen molar-refractivity contribution >= 4 is 38.9 Å². The van der Waals surface area contributed by atoms with Crippen LogP contribution in [0.15, 0.2) is 107 Å². The average molecular weight is 631 g/mol. The molecule has 234 valence electrons. The smallest absolute Gasteiger partial charge is 0.264 e. The van der Waals surface area contributed by atoms with E-state index in [0.717, 1.165) is 4.31 Å². The van der Waals surface area contributed by atoms with E-state index in [4.69, 9.17) is 14.2 Å².